The van der Waals surface area contributed by atoms with E-state index in [4.69, 9.17) is 10.1 Å². The van der Waals surface area contributed by atoms with E-state index >= 15 is 0 Å². The van der Waals surface area contributed by atoms with Crippen LogP contribution in [0.3, 0.4) is 0 Å². The van der Waals surface area contributed by atoms with E-state index in [1.165, 1.54) is 5.56 Å². The van der Waals surface area contributed by atoms with Gasteiger partial charge in [0.25, 0.3) is 5.91 Å². The van der Waals surface area contributed by atoms with Gasteiger partial charge in [0.15, 0.2) is 5.65 Å². The van der Waals surface area contributed by atoms with E-state index in [0.29, 0.717) is 22.4 Å². The van der Waals surface area contributed by atoms with Crippen molar-refractivity contribution in [3.63, 3.8) is 0 Å². The molecule has 0 unspecified atom stereocenters. The molecule has 0 radical (unpaired) electrons. The number of aryl methyl sites for hydroxylation is 2. The zero-order valence-corrected chi connectivity index (χ0v) is 19.7. The van der Waals surface area contributed by atoms with Crippen LogP contribution in [0.25, 0.3) is 33.5 Å². The predicted molar refractivity (Wildman–Crippen MR) is 128 cm³/mol. The first-order valence-corrected chi connectivity index (χ1v) is 10.9. The van der Waals surface area contributed by atoms with Crippen molar-refractivity contribution in [2.75, 3.05) is 20.6 Å². The first-order chi connectivity index (χ1) is 15.1. The number of hydrogen-bond acceptors (Lipinski definition) is 5. The number of rotatable bonds is 6. The van der Waals surface area contributed by atoms with Gasteiger partial charge in [0, 0.05) is 23.7 Å². The quantitative estimate of drug-likeness (QED) is 0.483. The molecule has 0 fully saturated rings. The maximum Gasteiger partial charge on any atom is 0.255 e. The smallest absolute Gasteiger partial charge is 0.255 e. The summed E-state index contributed by atoms with van der Waals surface area (Å²) >= 11 is 0. The largest absolute Gasteiger partial charge is 0.347 e. The summed E-state index contributed by atoms with van der Waals surface area (Å²) < 4.78 is 2.05. The van der Waals surface area contributed by atoms with Crippen LogP contribution in [-0.4, -0.2) is 61.7 Å². The van der Waals surface area contributed by atoms with Gasteiger partial charge in [0.1, 0.15) is 16.9 Å². The number of aromatic nitrogens is 5. The summed E-state index contributed by atoms with van der Waals surface area (Å²) in [5.41, 5.74) is 4.97. The van der Waals surface area contributed by atoms with Crippen molar-refractivity contribution in [2.45, 2.75) is 46.2 Å². The van der Waals surface area contributed by atoms with Crippen LogP contribution in [0, 0.1) is 6.92 Å². The molecule has 1 aromatic carbocycles. The Bertz CT molecular complexity index is 1280. The lowest BCUT2D eigenvalue weighted by molar-refractivity contribution is 0.0921. The average Bonchev–Trinajstić information content (AvgIpc) is 3.27. The molecule has 0 saturated carbocycles. The fourth-order valence-electron chi connectivity index (χ4n) is 3.77. The second-order valence-corrected chi connectivity index (χ2v) is 9.61. The third-order valence-corrected chi connectivity index (χ3v) is 5.24. The molecule has 0 bridgehead atoms. The van der Waals surface area contributed by atoms with Crippen molar-refractivity contribution in [1.29, 1.82) is 0 Å². The molecule has 8 heteroatoms. The molecule has 3 heterocycles. The zero-order valence-electron chi connectivity index (χ0n) is 19.7. The molecule has 4 aromatic rings. The molecule has 1 amide bonds. The number of amides is 1. The van der Waals surface area contributed by atoms with E-state index in [9.17, 15) is 4.79 Å². The van der Waals surface area contributed by atoms with Gasteiger partial charge in [0.05, 0.1) is 17.3 Å². The Morgan fingerprint density at radius 2 is 2.03 bits per heavy atom. The number of H-pyrrole nitrogens is 1. The van der Waals surface area contributed by atoms with Crippen LogP contribution < -0.4 is 5.32 Å². The summed E-state index contributed by atoms with van der Waals surface area (Å²) in [5, 5.41) is 8.93. The Morgan fingerprint density at radius 1 is 1.25 bits per heavy atom. The zero-order chi connectivity index (χ0) is 23.0. The first-order valence-electron chi connectivity index (χ1n) is 10.9. The molecule has 4 rings (SSSR count). The highest BCUT2D eigenvalue weighted by atomic mass is 16.1. The lowest BCUT2D eigenvalue weighted by Gasteiger charge is -2.19. The normalized spacial score (nSPS) is 12.2. The second kappa shape index (κ2) is 8.35. The highest BCUT2D eigenvalue weighted by Crippen LogP contribution is 2.29. The third kappa shape index (κ3) is 4.50. The molecule has 3 aromatic heterocycles. The standard InChI is InChI=1S/C24H31N7O/c1-15-8-9-16-19(12-15)31(11-7-10-30(5)6)29-20(16)18-14-26-22-21(27-18)17(13-25-22)23(32)28-24(2,3)4/h8-9,12-14H,7,10-11H2,1-6H3,(H,25,26)(H,28,32). The van der Waals surface area contributed by atoms with Crippen LogP contribution in [0.2, 0.25) is 0 Å². The molecule has 32 heavy (non-hydrogen) atoms. The van der Waals surface area contributed by atoms with Crippen LogP contribution in [0.15, 0.2) is 30.6 Å². The Kier molecular flexibility index (Phi) is 5.73. The average molecular weight is 434 g/mol. The van der Waals surface area contributed by atoms with Crippen molar-refractivity contribution in [1.82, 2.24) is 34.9 Å². The maximum atomic E-state index is 12.8. The lowest BCUT2D eigenvalue weighted by Crippen LogP contribution is -2.40. The van der Waals surface area contributed by atoms with E-state index in [-0.39, 0.29) is 11.4 Å². The Morgan fingerprint density at radius 3 is 2.75 bits per heavy atom. The highest BCUT2D eigenvalue weighted by Gasteiger charge is 2.21. The van der Waals surface area contributed by atoms with Gasteiger partial charge < -0.3 is 15.2 Å². The molecule has 8 nitrogen and oxygen atoms in total. The number of aromatic amines is 1. The van der Waals surface area contributed by atoms with E-state index in [1.807, 2.05) is 20.8 Å². The summed E-state index contributed by atoms with van der Waals surface area (Å²) in [4.78, 5) is 27.4. The van der Waals surface area contributed by atoms with Crippen molar-refractivity contribution < 1.29 is 4.79 Å². The predicted octanol–water partition coefficient (Wildman–Crippen LogP) is 3.76. The summed E-state index contributed by atoms with van der Waals surface area (Å²) in [7, 11) is 4.15. The molecule has 2 N–H and O–H groups in total. The Labute approximate surface area is 188 Å². The molecular weight excluding hydrogens is 402 g/mol. The van der Waals surface area contributed by atoms with Crippen LogP contribution >= 0.6 is 0 Å². The van der Waals surface area contributed by atoms with E-state index in [1.54, 1.807) is 12.4 Å². The number of benzene rings is 1. The SMILES string of the molecule is Cc1ccc2c(-c3cnc4[nH]cc(C(=O)NC(C)(C)C)c4n3)nn(CCCN(C)C)c2c1. The minimum atomic E-state index is -0.342. The van der Waals surface area contributed by atoms with E-state index in [2.05, 4.69) is 64.1 Å². The van der Waals surface area contributed by atoms with E-state index < -0.39 is 0 Å². The fraction of sp³-hybridized carbons (Fsp3) is 0.417. The van der Waals surface area contributed by atoms with Gasteiger partial charge in [-0.2, -0.15) is 5.10 Å². The van der Waals surface area contributed by atoms with Gasteiger partial charge in [-0.1, -0.05) is 12.1 Å². The summed E-state index contributed by atoms with van der Waals surface area (Å²) in [6.07, 6.45) is 4.38. The minimum Gasteiger partial charge on any atom is -0.347 e. The molecule has 168 valence electrons. The lowest BCUT2D eigenvalue weighted by atomic mass is 10.1. The van der Waals surface area contributed by atoms with Crippen molar-refractivity contribution in [3.05, 3.63) is 41.7 Å². The molecule has 0 spiro atoms. The van der Waals surface area contributed by atoms with Gasteiger partial charge >= 0.3 is 0 Å². The number of nitrogens with one attached hydrogen (secondary N) is 2. The van der Waals surface area contributed by atoms with Crippen LogP contribution in [-0.2, 0) is 6.54 Å². The van der Waals surface area contributed by atoms with Crippen molar-refractivity contribution in [2.24, 2.45) is 0 Å². The van der Waals surface area contributed by atoms with E-state index in [0.717, 1.165) is 36.1 Å². The maximum absolute atomic E-state index is 12.8. The number of nitrogens with zero attached hydrogens (tertiary/aromatic N) is 5. The first kappa shape index (κ1) is 22.0. The third-order valence-electron chi connectivity index (χ3n) is 5.24. The Hall–Kier alpha value is -3.26. The number of fused-ring (bicyclic) bond motifs is 2. The Balaban J connectivity index is 1.77. The summed E-state index contributed by atoms with van der Waals surface area (Å²) in [6.45, 7) is 9.75. The van der Waals surface area contributed by atoms with Crippen molar-refractivity contribution in [3.8, 4) is 11.4 Å². The van der Waals surface area contributed by atoms with Gasteiger partial charge in [-0.15, -0.1) is 0 Å². The summed E-state index contributed by atoms with van der Waals surface area (Å²) in [5.74, 6) is -0.176. The number of carbonyl (C=O) groups excluding carboxylic acids is 1. The summed E-state index contributed by atoms with van der Waals surface area (Å²) in [6, 6.07) is 6.33. The van der Waals surface area contributed by atoms with Crippen molar-refractivity contribution >= 4 is 28.0 Å². The minimum absolute atomic E-state index is 0.176. The number of hydrogen-bond donors (Lipinski definition) is 2. The molecule has 0 aliphatic heterocycles. The monoisotopic (exact) mass is 433 g/mol. The van der Waals surface area contributed by atoms with Crippen LogP contribution in [0.4, 0.5) is 0 Å². The molecule has 0 atom stereocenters. The molecule has 0 aliphatic carbocycles. The van der Waals surface area contributed by atoms with Gasteiger partial charge in [0.2, 0.25) is 0 Å². The highest BCUT2D eigenvalue weighted by molar-refractivity contribution is 6.05. The molecular formula is C24H31N7O. The van der Waals surface area contributed by atoms with Gasteiger partial charge in [-0.25, -0.2) is 9.97 Å². The van der Waals surface area contributed by atoms with Crippen LogP contribution in [0.5, 0.6) is 0 Å². The molecule has 0 aliphatic rings. The fourth-order valence-corrected chi connectivity index (χ4v) is 3.77. The van der Waals surface area contributed by atoms with Crippen LogP contribution in [0.1, 0.15) is 43.1 Å². The number of carbonyl (C=O) groups is 1. The topological polar surface area (TPSA) is 91.7 Å². The van der Waals surface area contributed by atoms with Gasteiger partial charge in [-0.05, 0) is 66.4 Å². The van der Waals surface area contributed by atoms with Gasteiger partial charge in [-0.3, -0.25) is 9.48 Å². The second-order valence-electron chi connectivity index (χ2n) is 9.61. The molecule has 0 saturated heterocycles.